The summed E-state index contributed by atoms with van der Waals surface area (Å²) in [6.45, 7) is 1.58. The summed E-state index contributed by atoms with van der Waals surface area (Å²) in [5, 5.41) is 9.31. The highest BCUT2D eigenvalue weighted by atomic mass is 127. The maximum atomic E-state index is 4.42. The topological polar surface area (TPSA) is 65.1 Å². The summed E-state index contributed by atoms with van der Waals surface area (Å²) < 4.78 is 0. The van der Waals surface area contributed by atoms with E-state index in [1.54, 1.807) is 7.05 Å². The summed E-state index contributed by atoms with van der Waals surface area (Å²) in [6.07, 6.45) is 6.05. The van der Waals surface area contributed by atoms with Gasteiger partial charge in [-0.1, -0.05) is 36.4 Å². The number of hydrogen-bond acceptors (Lipinski definition) is 2. The zero-order valence-electron chi connectivity index (χ0n) is 16.5. The molecule has 0 unspecified atom stereocenters. The lowest BCUT2D eigenvalue weighted by atomic mass is 10.1. The average Bonchev–Trinajstić information content (AvgIpc) is 3.16. The zero-order valence-corrected chi connectivity index (χ0v) is 18.8. The quantitative estimate of drug-likeness (QED) is 0.157. The van der Waals surface area contributed by atoms with Crippen LogP contribution < -0.4 is 10.6 Å². The van der Waals surface area contributed by atoms with Gasteiger partial charge in [0.25, 0.3) is 0 Å². The second-order valence-corrected chi connectivity index (χ2v) is 6.80. The molecular weight excluding hydrogens is 473 g/mol. The van der Waals surface area contributed by atoms with Crippen molar-refractivity contribution in [3.05, 3.63) is 78.1 Å². The molecule has 6 heteroatoms. The van der Waals surface area contributed by atoms with Gasteiger partial charge in [-0.25, -0.2) is 0 Å². The third-order valence-corrected chi connectivity index (χ3v) is 5.00. The molecule has 0 atom stereocenters. The van der Waals surface area contributed by atoms with E-state index < -0.39 is 0 Å². The fourth-order valence-corrected chi connectivity index (χ4v) is 3.53. The molecule has 0 saturated carbocycles. The minimum absolute atomic E-state index is 0. The molecule has 2 aromatic heterocycles. The van der Waals surface area contributed by atoms with Crippen LogP contribution in [0.15, 0.2) is 72.0 Å². The number of hydrogen-bond donors (Lipinski definition) is 3. The third kappa shape index (κ3) is 5.06. The Morgan fingerprint density at radius 3 is 2.62 bits per heavy atom. The van der Waals surface area contributed by atoms with E-state index >= 15 is 0 Å². The molecule has 0 fully saturated rings. The van der Waals surface area contributed by atoms with Crippen molar-refractivity contribution >= 4 is 51.7 Å². The molecule has 2 heterocycles. The molecule has 4 aromatic rings. The largest absolute Gasteiger partial charge is 0.361 e. The number of aromatic amines is 1. The minimum Gasteiger partial charge on any atom is -0.361 e. The number of rotatable bonds is 6. The van der Waals surface area contributed by atoms with Crippen molar-refractivity contribution in [1.29, 1.82) is 0 Å². The smallest absolute Gasteiger partial charge is 0.191 e. The number of nitrogens with zero attached hydrogens (tertiary/aromatic N) is 2. The van der Waals surface area contributed by atoms with Crippen LogP contribution in [0.4, 0.5) is 0 Å². The summed E-state index contributed by atoms with van der Waals surface area (Å²) >= 11 is 0. The number of aromatic nitrogens is 2. The average molecular weight is 499 g/mol. The standard InChI is InChI=1S/C23H25N5.HI/c1-24-23(28-16-18-12-14-25-21-10-4-2-9-20(18)21)26-13-6-7-17-15-27-22-11-5-3-8-19(17)22;/h2-5,8-12,14-15,27H,6-7,13,16H2,1H3,(H2,24,26,28);1H. The molecule has 0 radical (unpaired) electrons. The van der Waals surface area contributed by atoms with Gasteiger partial charge in [0.15, 0.2) is 5.96 Å². The Hall–Kier alpha value is -2.61. The Kier molecular flexibility index (Phi) is 7.46. The number of halogens is 1. The number of fused-ring (bicyclic) bond motifs is 2. The normalized spacial score (nSPS) is 11.4. The summed E-state index contributed by atoms with van der Waals surface area (Å²) in [5.74, 6) is 0.819. The summed E-state index contributed by atoms with van der Waals surface area (Å²) in [6, 6.07) is 18.7. The van der Waals surface area contributed by atoms with Gasteiger partial charge in [0.2, 0.25) is 0 Å². The first-order chi connectivity index (χ1) is 13.8. The molecule has 150 valence electrons. The van der Waals surface area contributed by atoms with Crippen LogP contribution in [0.5, 0.6) is 0 Å². The lowest BCUT2D eigenvalue weighted by molar-refractivity contribution is 0.744. The molecular formula is C23H26IN5. The van der Waals surface area contributed by atoms with E-state index in [0.29, 0.717) is 6.54 Å². The van der Waals surface area contributed by atoms with Gasteiger partial charge in [0.05, 0.1) is 5.52 Å². The number of benzene rings is 2. The molecule has 29 heavy (non-hydrogen) atoms. The van der Waals surface area contributed by atoms with E-state index in [2.05, 4.69) is 68.2 Å². The monoisotopic (exact) mass is 499 g/mol. The Balaban J connectivity index is 0.00000240. The number of aryl methyl sites for hydroxylation is 1. The van der Waals surface area contributed by atoms with Crippen LogP contribution in [0.25, 0.3) is 21.8 Å². The molecule has 0 aliphatic heterocycles. The third-order valence-electron chi connectivity index (χ3n) is 5.00. The molecule has 0 aliphatic carbocycles. The van der Waals surface area contributed by atoms with Crippen LogP contribution >= 0.6 is 24.0 Å². The van der Waals surface area contributed by atoms with Crippen molar-refractivity contribution in [3.63, 3.8) is 0 Å². The van der Waals surface area contributed by atoms with Crippen molar-refractivity contribution in [2.75, 3.05) is 13.6 Å². The lowest BCUT2D eigenvalue weighted by Crippen LogP contribution is -2.37. The van der Waals surface area contributed by atoms with Gasteiger partial charge < -0.3 is 15.6 Å². The van der Waals surface area contributed by atoms with Gasteiger partial charge in [-0.2, -0.15) is 0 Å². The van der Waals surface area contributed by atoms with Crippen molar-refractivity contribution in [2.45, 2.75) is 19.4 Å². The van der Waals surface area contributed by atoms with E-state index in [-0.39, 0.29) is 24.0 Å². The Morgan fingerprint density at radius 1 is 0.966 bits per heavy atom. The van der Waals surface area contributed by atoms with Gasteiger partial charge in [-0.15, -0.1) is 24.0 Å². The molecule has 0 aliphatic rings. The van der Waals surface area contributed by atoms with E-state index in [1.165, 1.54) is 27.4 Å². The highest BCUT2D eigenvalue weighted by Gasteiger charge is 2.05. The summed E-state index contributed by atoms with van der Waals surface area (Å²) in [7, 11) is 1.81. The highest BCUT2D eigenvalue weighted by molar-refractivity contribution is 14.0. The van der Waals surface area contributed by atoms with Crippen LogP contribution in [-0.2, 0) is 13.0 Å². The maximum Gasteiger partial charge on any atom is 0.191 e. The van der Waals surface area contributed by atoms with Crippen LogP contribution in [0.1, 0.15) is 17.5 Å². The summed E-state index contributed by atoms with van der Waals surface area (Å²) in [4.78, 5) is 12.1. The van der Waals surface area contributed by atoms with E-state index in [4.69, 9.17) is 0 Å². The van der Waals surface area contributed by atoms with Gasteiger partial charge in [0, 0.05) is 48.8 Å². The number of para-hydroxylation sites is 2. The predicted molar refractivity (Wildman–Crippen MR) is 132 cm³/mol. The molecule has 2 aromatic carbocycles. The van der Waals surface area contributed by atoms with Crippen LogP contribution in [-0.4, -0.2) is 29.5 Å². The first-order valence-corrected chi connectivity index (χ1v) is 9.67. The number of nitrogens with one attached hydrogen (secondary N) is 3. The molecule has 0 spiro atoms. The fourth-order valence-electron chi connectivity index (χ4n) is 3.53. The van der Waals surface area contributed by atoms with Crippen LogP contribution in [0.2, 0.25) is 0 Å². The molecule has 5 nitrogen and oxygen atoms in total. The van der Waals surface area contributed by atoms with Gasteiger partial charge in [-0.3, -0.25) is 9.98 Å². The van der Waals surface area contributed by atoms with E-state index in [9.17, 15) is 0 Å². The predicted octanol–water partition coefficient (Wildman–Crippen LogP) is 4.63. The summed E-state index contributed by atoms with van der Waals surface area (Å²) in [5.41, 5.74) is 4.80. The number of guanidine groups is 1. The molecule has 4 rings (SSSR count). The van der Waals surface area contributed by atoms with E-state index in [0.717, 1.165) is 30.9 Å². The zero-order chi connectivity index (χ0) is 19.2. The Labute approximate surface area is 188 Å². The second-order valence-electron chi connectivity index (χ2n) is 6.80. The van der Waals surface area contributed by atoms with Crippen molar-refractivity contribution in [2.24, 2.45) is 4.99 Å². The molecule has 0 amide bonds. The molecule has 0 saturated heterocycles. The number of H-pyrrole nitrogens is 1. The second kappa shape index (κ2) is 10.2. The minimum atomic E-state index is 0. The first-order valence-electron chi connectivity index (χ1n) is 9.67. The SMILES string of the molecule is CN=C(NCCCc1c[nH]c2ccccc12)NCc1ccnc2ccccc12.I. The van der Waals surface area contributed by atoms with Gasteiger partial charge in [0.1, 0.15) is 0 Å². The van der Waals surface area contributed by atoms with Crippen molar-refractivity contribution in [1.82, 2.24) is 20.6 Å². The maximum absolute atomic E-state index is 4.42. The Morgan fingerprint density at radius 2 is 1.76 bits per heavy atom. The number of aliphatic imine (C=N–C) groups is 1. The van der Waals surface area contributed by atoms with Crippen LogP contribution in [0, 0.1) is 0 Å². The molecule has 0 bridgehead atoms. The first kappa shape index (κ1) is 21.1. The van der Waals surface area contributed by atoms with Crippen molar-refractivity contribution in [3.8, 4) is 0 Å². The Bertz CT molecular complexity index is 1100. The van der Waals surface area contributed by atoms with Gasteiger partial charge in [-0.05, 0) is 42.2 Å². The van der Waals surface area contributed by atoms with Crippen LogP contribution in [0.3, 0.4) is 0 Å². The number of pyridine rings is 1. The molecule has 3 N–H and O–H groups in total. The lowest BCUT2D eigenvalue weighted by Gasteiger charge is -2.13. The van der Waals surface area contributed by atoms with Gasteiger partial charge >= 0.3 is 0 Å². The van der Waals surface area contributed by atoms with E-state index in [1.807, 2.05) is 24.4 Å². The highest BCUT2D eigenvalue weighted by Crippen LogP contribution is 2.19. The van der Waals surface area contributed by atoms with Crippen molar-refractivity contribution < 1.29 is 0 Å². The fraction of sp³-hybridized carbons (Fsp3) is 0.217.